The van der Waals surface area contributed by atoms with Gasteiger partial charge >= 0.3 is 5.97 Å². The number of aliphatic carboxylic acids is 1. The van der Waals surface area contributed by atoms with Crippen LogP contribution in [0, 0.1) is 16.0 Å². The van der Waals surface area contributed by atoms with Crippen molar-refractivity contribution in [2.75, 3.05) is 26.3 Å². The minimum Gasteiger partial charge on any atom is -0.481 e. The molecule has 0 radical (unpaired) electrons. The van der Waals surface area contributed by atoms with Crippen LogP contribution in [0.25, 0.3) is 0 Å². The number of carboxylic acids is 1. The van der Waals surface area contributed by atoms with E-state index in [0.29, 0.717) is 18.8 Å². The van der Waals surface area contributed by atoms with Crippen molar-refractivity contribution in [1.82, 2.24) is 4.90 Å². The first-order chi connectivity index (χ1) is 12.1. The van der Waals surface area contributed by atoms with Gasteiger partial charge in [-0.3, -0.25) is 19.8 Å². The molecule has 26 heavy (non-hydrogen) atoms. The van der Waals surface area contributed by atoms with Crippen molar-refractivity contribution in [2.45, 2.75) is 37.6 Å². The van der Waals surface area contributed by atoms with E-state index in [1.165, 1.54) is 12.1 Å². The van der Waals surface area contributed by atoms with E-state index < -0.39 is 16.8 Å². The maximum absolute atomic E-state index is 12.1. The van der Waals surface area contributed by atoms with E-state index >= 15 is 0 Å². The summed E-state index contributed by atoms with van der Waals surface area (Å²) in [5, 5.41) is 20.7. The Balaban J connectivity index is 0.00000243. The average Bonchev–Trinajstić information content (AvgIpc) is 2.63. The molecule has 2 fully saturated rings. The van der Waals surface area contributed by atoms with E-state index in [2.05, 4.69) is 4.90 Å². The third kappa shape index (κ3) is 4.52. The third-order valence-corrected chi connectivity index (χ3v) is 5.45. The Kier molecular flexibility index (Phi) is 7.37. The lowest BCUT2D eigenvalue weighted by Crippen LogP contribution is -2.50. The number of rotatable bonds is 5. The molecule has 1 saturated heterocycles. The van der Waals surface area contributed by atoms with Gasteiger partial charge in [0, 0.05) is 31.3 Å². The number of carboxylic acid groups (broad SMARTS) is 1. The molecular weight excluding hydrogens is 360 g/mol. The Hall–Kier alpha value is -1.70. The normalized spacial score (nSPS) is 25.1. The lowest BCUT2D eigenvalue weighted by molar-refractivity contribution is -0.384. The summed E-state index contributed by atoms with van der Waals surface area (Å²) in [5.41, 5.74) is 0.643. The van der Waals surface area contributed by atoms with E-state index in [-0.39, 0.29) is 30.1 Å². The van der Waals surface area contributed by atoms with Gasteiger partial charge in [0.25, 0.3) is 5.69 Å². The van der Waals surface area contributed by atoms with E-state index in [0.717, 1.165) is 38.8 Å². The maximum Gasteiger partial charge on any atom is 0.311 e. The van der Waals surface area contributed by atoms with E-state index in [4.69, 9.17) is 4.74 Å². The summed E-state index contributed by atoms with van der Waals surface area (Å²) < 4.78 is 5.43. The molecule has 8 heteroatoms. The predicted octanol–water partition coefficient (Wildman–Crippen LogP) is 3.08. The van der Waals surface area contributed by atoms with Crippen LogP contribution in [0.1, 0.15) is 37.2 Å². The zero-order valence-corrected chi connectivity index (χ0v) is 15.4. The highest BCUT2D eigenvalue weighted by molar-refractivity contribution is 5.85. The fourth-order valence-corrected chi connectivity index (χ4v) is 4.27. The number of nitro benzene ring substituents is 1. The zero-order chi connectivity index (χ0) is 17.8. The largest absolute Gasteiger partial charge is 0.481 e. The van der Waals surface area contributed by atoms with Crippen LogP contribution >= 0.6 is 12.4 Å². The molecule has 144 valence electrons. The van der Waals surface area contributed by atoms with Gasteiger partial charge in [0.05, 0.1) is 24.1 Å². The second kappa shape index (κ2) is 9.30. The van der Waals surface area contributed by atoms with Gasteiger partial charge in [-0.25, -0.2) is 0 Å². The van der Waals surface area contributed by atoms with Gasteiger partial charge in [0.2, 0.25) is 0 Å². The van der Waals surface area contributed by atoms with Crippen LogP contribution in [-0.4, -0.2) is 53.2 Å². The summed E-state index contributed by atoms with van der Waals surface area (Å²) in [6.45, 7) is 3.07. The Labute approximate surface area is 158 Å². The molecule has 1 heterocycles. The number of halogens is 1. The molecule has 3 atom stereocenters. The molecule has 1 aliphatic heterocycles. The maximum atomic E-state index is 12.1. The topological polar surface area (TPSA) is 92.9 Å². The number of nitro groups is 1. The van der Waals surface area contributed by atoms with Gasteiger partial charge in [-0.1, -0.05) is 25.0 Å². The summed E-state index contributed by atoms with van der Waals surface area (Å²) in [5.74, 6) is -1.46. The molecule has 0 amide bonds. The second-order valence-electron chi connectivity index (χ2n) is 6.83. The minimum atomic E-state index is -0.848. The number of hydrogen-bond acceptors (Lipinski definition) is 5. The van der Waals surface area contributed by atoms with Crippen molar-refractivity contribution >= 4 is 24.1 Å². The van der Waals surface area contributed by atoms with Crippen LogP contribution in [0.4, 0.5) is 5.69 Å². The highest BCUT2D eigenvalue weighted by Crippen LogP contribution is 2.39. The summed E-state index contributed by atoms with van der Waals surface area (Å²) in [6.07, 6.45) is 4.02. The Morgan fingerprint density at radius 3 is 2.38 bits per heavy atom. The predicted molar refractivity (Wildman–Crippen MR) is 98.9 cm³/mol. The minimum absolute atomic E-state index is 0. The van der Waals surface area contributed by atoms with Crippen molar-refractivity contribution in [3.63, 3.8) is 0 Å². The number of ether oxygens (including phenoxy) is 1. The summed E-state index contributed by atoms with van der Waals surface area (Å²) in [6, 6.07) is 6.23. The van der Waals surface area contributed by atoms with Gasteiger partial charge in [-0.15, -0.1) is 12.4 Å². The van der Waals surface area contributed by atoms with Gasteiger partial charge in [0.15, 0.2) is 0 Å². The van der Waals surface area contributed by atoms with Crippen molar-refractivity contribution in [3.05, 3.63) is 39.9 Å². The first kappa shape index (κ1) is 20.6. The van der Waals surface area contributed by atoms with Crippen LogP contribution in [0.3, 0.4) is 0 Å². The number of carbonyl (C=O) groups is 1. The van der Waals surface area contributed by atoms with Crippen LogP contribution in [0.2, 0.25) is 0 Å². The van der Waals surface area contributed by atoms with E-state index in [1.54, 1.807) is 12.1 Å². The Morgan fingerprint density at radius 1 is 1.19 bits per heavy atom. The Bertz CT molecular complexity index is 619. The number of hydrogen-bond donors (Lipinski definition) is 1. The molecule has 3 rings (SSSR count). The van der Waals surface area contributed by atoms with Gasteiger partial charge < -0.3 is 9.84 Å². The van der Waals surface area contributed by atoms with Crippen molar-refractivity contribution in [3.8, 4) is 0 Å². The van der Waals surface area contributed by atoms with E-state index in [9.17, 15) is 20.0 Å². The van der Waals surface area contributed by atoms with Crippen molar-refractivity contribution in [2.24, 2.45) is 5.92 Å². The first-order valence-corrected chi connectivity index (χ1v) is 8.87. The molecule has 0 bridgehead atoms. The lowest BCUT2D eigenvalue weighted by atomic mass is 9.73. The van der Waals surface area contributed by atoms with Crippen LogP contribution < -0.4 is 0 Å². The van der Waals surface area contributed by atoms with Gasteiger partial charge in [-0.05, 0) is 24.3 Å². The fourth-order valence-electron chi connectivity index (χ4n) is 4.27. The second-order valence-corrected chi connectivity index (χ2v) is 6.83. The summed E-state index contributed by atoms with van der Waals surface area (Å²) in [4.78, 5) is 24.8. The Morgan fingerprint density at radius 2 is 1.81 bits per heavy atom. The SMILES string of the molecule is Cl.O=C(O)C(c1ccc([N+](=O)[O-])cc1)C1CCCCC1N1CCOCC1. The molecule has 3 unspecified atom stereocenters. The number of benzene rings is 1. The summed E-state index contributed by atoms with van der Waals surface area (Å²) >= 11 is 0. The molecule has 0 spiro atoms. The molecule has 1 N–H and O–H groups in total. The molecule has 7 nitrogen and oxygen atoms in total. The van der Waals surface area contributed by atoms with Crippen molar-refractivity contribution < 1.29 is 19.6 Å². The van der Waals surface area contributed by atoms with Gasteiger partial charge in [0.1, 0.15) is 0 Å². The van der Waals surface area contributed by atoms with E-state index in [1.807, 2.05) is 0 Å². The lowest BCUT2D eigenvalue weighted by Gasteiger charge is -2.43. The smallest absolute Gasteiger partial charge is 0.311 e. The number of nitrogens with zero attached hydrogens (tertiary/aromatic N) is 2. The third-order valence-electron chi connectivity index (χ3n) is 5.45. The summed E-state index contributed by atoms with van der Waals surface area (Å²) in [7, 11) is 0. The zero-order valence-electron chi connectivity index (χ0n) is 14.6. The van der Waals surface area contributed by atoms with Gasteiger partial charge in [-0.2, -0.15) is 0 Å². The fraction of sp³-hybridized carbons (Fsp3) is 0.611. The highest BCUT2D eigenvalue weighted by atomic mass is 35.5. The standard InChI is InChI=1S/C18H24N2O5.ClH/c21-18(22)17(13-5-7-14(8-6-13)20(23)24)15-3-1-2-4-16(15)19-9-11-25-12-10-19;/h5-8,15-17H,1-4,9-12H2,(H,21,22);1H. The monoisotopic (exact) mass is 384 g/mol. The molecule has 1 aromatic carbocycles. The van der Waals surface area contributed by atoms with Crippen LogP contribution in [0.15, 0.2) is 24.3 Å². The van der Waals surface area contributed by atoms with Crippen molar-refractivity contribution in [1.29, 1.82) is 0 Å². The average molecular weight is 385 g/mol. The number of morpholine rings is 1. The quantitative estimate of drug-likeness (QED) is 0.619. The van der Waals surface area contributed by atoms with Crippen LogP contribution in [-0.2, 0) is 9.53 Å². The van der Waals surface area contributed by atoms with Crippen LogP contribution in [0.5, 0.6) is 0 Å². The molecule has 1 aromatic rings. The molecule has 1 saturated carbocycles. The molecular formula is C18H25ClN2O5. The first-order valence-electron chi connectivity index (χ1n) is 8.87. The number of non-ortho nitro benzene ring substituents is 1. The molecule has 1 aliphatic carbocycles. The molecule has 2 aliphatic rings. The highest BCUT2D eigenvalue weighted by Gasteiger charge is 2.40. The molecule has 0 aromatic heterocycles.